The molecular formula is C15H20N2O4S. The van der Waals surface area contributed by atoms with E-state index in [0.29, 0.717) is 32.5 Å². The second-order valence-corrected chi connectivity index (χ2v) is 6.78. The third kappa shape index (κ3) is 2.57. The van der Waals surface area contributed by atoms with E-state index in [9.17, 15) is 9.59 Å². The van der Waals surface area contributed by atoms with Crippen molar-refractivity contribution in [3.05, 3.63) is 16.1 Å². The van der Waals surface area contributed by atoms with Crippen LogP contribution in [-0.4, -0.2) is 42.6 Å². The molecule has 0 aromatic carbocycles. The minimum atomic E-state index is -0.745. The number of carbonyl (C=O) groups excluding carboxylic acids is 2. The maximum atomic E-state index is 12.7. The van der Waals surface area contributed by atoms with Crippen LogP contribution in [0.2, 0.25) is 0 Å². The van der Waals surface area contributed by atoms with Crippen LogP contribution in [0.1, 0.15) is 35.9 Å². The number of ether oxygens (including phenoxy) is 2. The van der Waals surface area contributed by atoms with E-state index in [1.54, 1.807) is 16.8 Å². The van der Waals surface area contributed by atoms with Crippen LogP contribution in [0, 0.1) is 12.8 Å². The summed E-state index contributed by atoms with van der Waals surface area (Å²) in [7, 11) is 1.34. The van der Waals surface area contributed by atoms with Crippen LogP contribution in [-0.2, 0) is 19.1 Å². The Labute approximate surface area is 133 Å². The van der Waals surface area contributed by atoms with E-state index in [1.807, 2.05) is 6.92 Å². The van der Waals surface area contributed by atoms with Crippen molar-refractivity contribution in [2.24, 2.45) is 5.92 Å². The lowest BCUT2D eigenvalue weighted by Crippen LogP contribution is -2.63. The van der Waals surface area contributed by atoms with E-state index in [1.165, 1.54) is 7.11 Å². The summed E-state index contributed by atoms with van der Waals surface area (Å²) in [6, 6.07) is -0.0843. The van der Waals surface area contributed by atoms with Crippen LogP contribution in [0.15, 0.2) is 5.51 Å². The number of nitrogens with zero attached hydrogens (tertiary/aromatic N) is 1. The number of nitrogens with one attached hydrogen (secondary N) is 1. The molecule has 7 heteroatoms. The molecule has 0 saturated carbocycles. The Morgan fingerprint density at radius 1 is 1.50 bits per heavy atom. The predicted molar refractivity (Wildman–Crippen MR) is 80.6 cm³/mol. The monoisotopic (exact) mass is 324 g/mol. The minimum absolute atomic E-state index is 0.0506. The Morgan fingerprint density at radius 2 is 2.23 bits per heavy atom. The molecule has 3 heterocycles. The van der Waals surface area contributed by atoms with Crippen LogP contribution in [0.5, 0.6) is 0 Å². The number of esters is 1. The Kier molecular flexibility index (Phi) is 4.29. The number of piperidine rings is 1. The van der Waals surface area contributed by atoms with Crippen molar-refractivity contribution in [1.82, 2.24) is 10.3 Å². The quantitative estimate of drug-likeness (QED) is 0.654. The zero-order valence-electron chi connectivity index (χ0n) is 12.8. The lowest BCUT2D eigenvalue weighted by atomic mass is 9.70. The third-order valence-corrected chi connectivity index (χ3v) is 5.71. The van der Waals surface area contributed by atoms with Gasteiger partial charge in [-0.2, -0.15) is 0 Å². The zero-order chi connectivity index (χ0) is 15.7. The normalized spacial score (nSPS) is 27.8. The van der Waals surface area contributed by atoms with Crippen LogP contribution in [0.3, 0.4) is 0 Å². The zero-order valence-corrected chi connectivity index (χ0v) is 13.6. The molecule has 3 rings (SSSR count). The molecule has 22 heavy (non-hydrogen) atoms. The van der Waals surface area contributed by atoms with E-state index < -0.39 is 17.4 Å². The SMILES string of the molecule is COC(=O)[C@H]1C(=O)C[C@H](c2scnc2C)NC12CCOCC2. The van der Waals surface area contributed by atoms with Gasteiger partial charge in [-0.25, -0.2) is 4.98 Å². The second-order valence-electron chi connectivity index (χ2n) is 5.89. The van der Waals surface area contributed by atoms with Crippen molar-refractivity contribution in [3.8, 4) is 0 Å². The number of rotatable bonds is 2. The van der Waals surface area contributed by atoms with E-state index in [4.69, 9.17) is 9.47 Å². The first kappa shape index (κ1) is 15.6. The largest absolute Gasteiger partial charge is 0.468 e. The number of hydrogen-bond acceptors (Lipinski definition) is 7. The highest BCUT2D eigenvalue weighted by atomic mass is 32.1. The molecule has 2 atom stereocenters. The van der Waals surface area contributed by atoms with Gasteiger partial charge >= 0.3 is 5.97 Å². The molecule has 1 N–H and O–H groups in total. The summed E-state index contributed by atoms with van der Waals surface area (Å²) in [5.41, 5.74) is 2.16. The summed E-state index contributed by atoms with van der Waals surface area (Å²) >= 11 is 1.55. The maximum Gasteiger partial charge on any atom is 0.318 e. The Hall–Kier alpha value is -1.31. The van der Waals surface area contributed by atoms with Crippen LogP contribution >= 0.6 is 11.3 Å². The van der Waals surface area contributed by atoms with Gasteiger partial charge in [0.2, 0.25) is 0 Å². The molecule has 2 saturated heterocycles. The number of aryl methyl sites for hydroxylation is 1. The molecule has 6 nitrogen and oxygen atoms in total. The highest BCUT2D eigenvalue weighted by Gasteiger charge is 2.53. The molecule has 2 aliphatic heterocycles. The summed E-state index contributed by atoms with van der Waals surface area (Å²) in [5.74, 6) is -1.24. The number of Topliss-reactive ketones (excluding diaryl/α,β-unsaturated/α-hetero) is 1. The number of hydrogen-bond donors (Lipinski definition) is 1. The molecule has 120 valence electrons. The minimum Gasteiger partial charge on any atom is -0.468 e. The molecule has 1 aromatic heterocycles. The van der Waals surface area contributed by atoms with Gasteiger partial charge in [0, 0.05) is 30.1 Å². The number of methoxy groups -OCH3 is 1. The number of carbonyl (C=O) groups is 2. The first-order chi connectivity index (χ1) is 10.6. The smallest absolute Gasteiger partial charge is 0.318 e. The van der Waals surface area contributed by atoms with Crippen molar-refractivity contribution in [3.63, 3.8) is 0 Å². The lowest BCUT2D eigenvalue weighted by Gasteiger charge is -2.47. The maximum absolute atomic E-state index is 12.7. The molecule has 2 fully saturated rings. The summed E-state index contributed by atoms with van der Waals surface area (Å²) in [5, 5.41) is 3.58. The van der Waals surface area contributed by atoms with Crippen molar-refractivity contribution in [1.29, 1.82) is 0 Å². The van der Waals surface area contributed by atoms with Gasteiger partial charge in [0.25, 0.3) is 0 Å². The molecule has 0 amide bonds. The Balaban J connectivity index is 1.95. The van der Waals surface area contributed by atoms with Crippen molar-refractivity contribution < 1.29 is 19.1 Å². The molecule has 0 bridgehead atoms. The molecule has 1 spiro atoms. The summed E-state index contributed by atoms with van der Waals surface area (Å²) < 4.78 is 10.3. The molecule has 1 aromatic rings. The highest BCUT2D eigenvalue weighted by molar-refractivity contribution is 7.09. The predicted octanol–water partition coefficient (Wildman–Crippen LogP) is 1.39. The Morgan fingerprint density at radius 3 is 2.82 bits per heavy atom. The van der Waals surface area contributed by atoms with E-state index in [-0.39, 0.29) is 11.8 Å². The van der Waals surface area contributed by atoms with Gasteiger partial charge in [0.05, 0.1) is 24.4 Å². The lowest BCUT2D eigenvalue weighted by molar-refractivity contribution is -0.158. The second kappa shape index (κ2) is 6.06. The fourth-order valence-corrected chi connectivity index (χ4v) is 4.41. The van der Waals surface area contributed by atoms with E-state index in [0.717, 1.165) is 10.6 Å². The first-order valence-corrected chi connectivity index (χ1v) is 8.31. The number of aromatic nitrogens is 1. The molecule has 0 aliphatic carbocycles. The standard InChI is InChI=1S/C15H20N2O4S/c1-9-13(22-8-16-9)10-7-11(18)12(14(19)20-2)15(17-10)3-5-21-6-4-15/h8,10,12,17H,3-7H2,1-2H3/t10-,12-/m1/s1. The van der Waals surface area contributed by atoms with Gasteiger partial charge in [0.15, 0.2) is 5.78 Å². The third-order valence-electron chi connectivity index (χ3n) is 4.66. The summed E-state index contributed by atoms with van der Waals surface area (Å²) in [6.07, 6.45) is 1.56. The topological polar surface area (TPSA) is 77.5 Å². The number of ketones is 1. The van der Waals surface area contributed by atoms with Gasteiger partial charge in [-0.05, 0) is 19.8 Å². The average Bonchev–Trinajstić information content (AvgIpc) is 2.93. The van der Waals surface area contributed by atoms with Gasteiger partial charge < -0.3 is 14.8 Å². The Bertz CT molecular complexity index is 580. The summed E-state index contributed by atoms with van der Waals surface area (Å²) in [4.78, 5) is 30.2. The van der Waals surface area contributed by atoms with Crippen LogP contribution < -0.4 is 5.32 Å². The van der Waals surface area contributed by atoms with Gasteiger partial charge in [-0.3, -0.25) is 9.59 Å². The van der Waals surface area contributed by atoms with Crippen molar-refractivity contribution in [2.45, 2.75) is 37.8 Å². The highest BCUT2D eigenvalue weighted by Crippen LogP contribution is 2.41. The molecular weight excluding hydrogens is 304 g/mol. The number of thiazole rings is 1. The van der Waals surface area contributed by atoms with Crippen LogP contribution in [0.4, 0.5) is 0 Å². The van der Waals surface area contributed by atoms with Crippen molar-refractivity contribution >= 4 is 23.1 Å². The summed E-state index contributed by atoms with van der Waals surface area (Å²) in [6.45, 7) is 3.03. The first-order valence-electron chi connectivity index (χ1n) is 7.43. The van der Waals surface area contributed by atoms with Crippen LogP contribution in [0.25, 0.3) is 0 Å². The molecule has 0 radical (unpaired) electrons. The average molecular weight is 324 g/mol. The van der Waals surface area contributed by atoms with E-state index >= 15 is 0 Å². The molecule has 0 unspecified atom stereocenters. The fourth-order valence-electron chi connectivity index (χ4n) is 3.56. The van der Waals surface area contributed by atoms with Gasteiger partial charge in [-0.15, -0.1) is 11.3 Å². The van der Waals surface area contributed by atoms with Gasteiger partial charge in [-0.1, -0.05) is 0 Å². The van der Waals surface area contributed by atoms with E-state index in [2.05, 4.69) is 10.3 Å². The van der Waals surface area contributed by atoms with Gasteiger partial charge in [0.1, 0.15) is 5.92 Å². The van der Waals surface area contributed by atoms with Crippen molar-refractivity contribution in [2.75, 3.05) is 20.3 Å². The fraction of sp³-hybridized carbons (Fsp3) is 0.667. The molecule has 2 aliphatic rings.